The molecule has 2 N–H and O–H groups in total. The van der Waals surface area contributed by atoms with Gasteiger partial charge in [-0.15, -0.1) is 0 Å². The van der Waals surface area contributed by atoms with Gasteiger partial charge in [-0.05, 0) is 12.8 Å². The minimum absolute atomic E-state index is 0.553. The molecule has 0 spiro atoms. The van der Waals surface area contributed by atoms with E-state index in [1.807, 2.05) is 0 Å². The summed E-state index contributed by atoms with van der Waals surface area (Å²) in [5.41, 5.74) is 5.97. The predicted octanol–water partition coefficient (Wildman–Crippen LogP) is 1.18. The highest BCUT2D eigenvalue weighted by Gasteiger charge is 2.32. The number of nitrogens with two attached hydrogens (primary N) is 1. The molecule has 2 fully saturated rings. The molecule has 2 aliphatic heterocycles. The summed E-state index contributed by atoms with van der Waals surface area (Å²) in [6.45, 7) is 7.36. The highest BCUT2D eigenvalue weighted by atomic mass is 32.2. The summed E-state index contributed by atoms with van der Waals surface area (Å²) < 4.78 is 5.50. The van der Waals surface area contributed by atoms with Gasteiger partial charge in [-0.1, -0.05) is 6.92 Å². The Morgan fingerprint density at radius 3 is 3.06 bits per heavy atom. The average Bonchev–Trinajstić information content (AvgIpc) is 2.84. The van der Waals surface area contributed by atoms with Crippen LogP contribution in [0.2, 0.25) is 0 Å². The molecule has 94 valence electrons. The van der Waals surface area contributed by atoms with Gasteiger partial charge in [0.15, 0.2) is 0 Å². The quantitative estimate of drug-likeness (QED) is 0.806. The summed E-state index contributed by atoms with van der Waals surface area (Å²) in [6, 6.07) is 0.553. The molecule has 2 saturated heterocycles. The molecule has 0 aromatic heterocycles. The van der Waals surface area contributed by atoms with Crippen LogP contribution >= 0.6 is 11.8 Å². The zero-order chi connectivity index (χ0) is 11.4. The number of thioether (sulfide) groups is 1. The third kappa shape index (κ3) is 2.92. The van der Waals surface area contributed by atoms with Crippen molar-refractivity contribution < 1.29 is 4.74 Å². The molecule has 3 atom stereocenters. The second-order valence-electron chi connectivity index (χ2n) is 4.82. The summed E-state index contributed by atoms with van der Waals surface area (Å²) in [7, 11) is 0. The number of rotatable bonds is 4. The van der Waals surface area contributed by atoms with Crippen LogP contribution in [0.15, 0.2) is 0 Å². The van der Waals surface area contributed by atoms with Gasteiger partial charge in [-0.25, -0.2) is 0 Å². The second-order valence-corrected chi connectivity index (χ2v) is 6.23. The van der Waals surface area contributed by atoms with Crippen LogP contribution in [0.3, 0.4) is 0 Å². The predicted molar refractivity (Wildman–Crippen MR) is 69.9 cm³/mol. The Kier molecular flexibility index (Phi) is 4.95. The van der Waals surface area contributed by atoms with Gasteiger partial charge < -0.3 is 10.5 Å². The zero-order valence-corrected chi connectivity index (χ0v) is 11.0. The molecule has 0 aliphatic carbocycles. The molecule has 3 unspecified atom stereocenters. The second kappa shape index (κ2) is 6.24. The fourth-order valence-corrected chi connectivity index (χ4v) is 3.99. The van der Waals surface area contributed by atoms with Crippen LogP contribution in [-0.2, 0) is 4.74 Å². The maximum atomic E-state index is 5.97. The van der Waals surface area contributed by atoms with E-state index in [4.69, 9.17) is 10.5 Å². The number of nitrogens with zero attached hydrogens (tertiary/aromatic N) is 1. The lowest BCUT2D eigenvalue weighted by Gasteiger charge is -2.39. The van der Waals surface area contributed by atoms with Gasteiger partial charge >= 0.3 is 0 Å². The number of hydrogen-bond acceptors (Lipinski definition) is 4. The lowest BCUT2D eigenvalue weighted by atomic mass is 9.97. The topological polar surface area (TPSA) is 38.5 Å². The van der Waals surface area contributed by atoms with Crippen molar-refractivity contribution in [2.45, 2.75) is 31.1 Å². The van der Waals surface area contributed by atoms with E-state index in [-0.39, 0.29) is 0 Å². The zero-order valence-electron chi connectivity index (χ0n) is 10.2. The van der Waals surface area contributed by atoms with E-state index in [1.165, 1.54) is 31.7 Å². The molecule has 4 heteroatoms. The first kappa shape index (κ1) is 12.7. The van der Waals surface area contributed by atoms with E-state index in [1.54, 1.807) is 0 Å². The van der Waals surface area contributed by atoms with Crippen molar-refractivity contribution in [3.05, 3.63) is 0 Å². The Morgan fingerprint density at radius 1 is 1.56 bits per heavy atom. The molecular weight excluding hydrogens is 220 g/mol. The molecule has 0 aromatic rings. The molecule has 2 heterocycles. The highest BCUT2D eigenvalue weighted by Crippen LogP contribution is 2.27. The molecular formula is C12H24N2OS. The summed E-state index contributed by atoms with van der Waals surface area (Å²) >= 11 is 2.12. The van der Waals surface area contributed by atoms with Crippen LogP contribution < -0.4 is 5.73 Å². The van der Waals surface area contributed by atoms with Crippen molar-refractivity contribution in [1.29, 1.82) is 0 Å². The molecule has 3 nitrogen and oxygen atoms in total. The molecule has 0 saturated carbocycles. The monoisotopic (exact) mass is 244 g/mol. The van der Waals surface area contributed by atoms with Gasteiger partial charge in [0.1, 0.15) is 0 Å². The van der Waals surface area contributed by atoms with E-state index in [0.717, 1.165) is 25.0 Å². The van der Waals surface area contributed by atoms with E-state index < -0.39 is 0 Å². The van der Waals surface area contributed by atoms with Crippen molar-refractivity contribution in [1.82, 2.24) is 4.90 Å². The summed E-state index contributed by atoms with van der Waals surface area (Å²) in [5.74, 6) is 1.94. The van der Waals surface area contributed by atoms with E-state index in [0.29, 0.717) is 12.0 Å². The maximum Gasteiger partial charge on any atom is 0.0510 e. The van der Waals surface area contributed by atoms with Crippen LogP contribution in [-0.4, -0.2) is 54.8 Å². The first-order valence-electron chi connectivity index (χ1n) is 6.48. The van der Waals surface area contributed by atoms with Crippen LogP contribution in [0.25, 0.3) is 0 Å². The lowest BCUT2D eigenvalue weighted by Crippen LogP contribution is -2.51. The van der Waals surface area contributed by atoms with Crippen LogP contribution in [0.1, 0.15) is 19.8 Å². The van der Waals surface area contributed by atoms with E-state index in [2.05, 4.69) is 23.6 Å². The molecule has 0 amide bonds. The van der Waals surface area contributed by atoms with Gasteiger partial charge in [0, 0.05) is 49.2 Å². The van der Waals surface area contributed by atoms with Crippen molar-refractivity contribution in [2.24, 2.45) is 11.7 Å². The van der Waals surface area contributed by atoms with E-state index in [9.17, 15) is 0 Å². The summed E-state index contributed by atoms with van der Waals surface area (Å²) in [5, 5.41) is 0.810. The van der Waals surface area contributed by atoms with Gasteiger partial charge in [0.25, 0.3) is 0 Å². The van der Waals surface area contributed by atoms with Crippen molar-refractivity contribution >= 4 is 11.8 Å². The number of ether oxygens (including phenoxy) is 1. The first-order chi connectivity index (χ1) is 7.85. The molecule has 0 bridgehead atoms. The first-order valence-corrected chi connectivity index (χ1v) is 7.53. The summed E-state index contributed by atoms with van der Waals surface area (Å²) in [6.07, 6.45) is 2.47. The van der Waals surface area contributed by atoms with Crippen molar-refractivity contribution in [3.8, 4) is 0 Å². The normalized spacial score (nSPS) is 34.1. The standard InChI is InChI=1S/C12H24N2OS/c1-2-11-8-14(4-6-16-11)12(7-13)10-3-5-15-9-10/h10-12H,2-9,13H2,1H3. The molecule has 0 radical (unpaired) electrons. The van der Waals surface area contributed by atoms with Gasteiger partial charge in [0.05, 0.1) is 6.61 Å². The summed E-state index contributed by atoms with van der Waals surface area (Å²) in [4.78, 5) is 2.62. The third-order valence-electron chi connectivity index (χ3n) is 3.85. The number of hydrogen-bond donors (Lipinski definition) is 1. The fraction of sp³-hybridized carbons (Fsp3) is 1.00. The minimum atomic E-state index is 0.553. The van der Waals surface area contributed by atoms with Crippen molar-refractivity contribution in [2.75, 3.05) is 38.6 Å². The highest BCUT2D eigenvalue weighted by molar-refractivity contribution is 8.00. The average molecular weight is 244 g/mol. The molecule has 2 aliphatic rings. The molecule has 16 heavy (non-hydrogen) atoms. The van der Waals surface area contributed by atoms with Gasteiger partial charge in [-0.3, -0.25) is 4.90 Å². The Bertz CT molecular complexity index is 209. The minimum Gasteiger partial charge on any atom is -0.381 e. The van der Waals surface area contributed by atoms with Crippen LogP contribution in [0, 0.1) is 5.92 Å². The van der Waals surface area contributed by atoms with Crippen LogP contribution in [0.5, 0.6) is 0 Å². The Labute approximate surface area is 103 Å². The largest absolute Gasteiger partial charge is 0.381 e. The lowest BCUT2D eigenvalue weighted by molar-refractivity contribution is 0.124. The van der Waals surface area contributed by atoms with Crippen LogP contribution in [0.4, 0.5) is 0 Å². The van der Waals surface area contributed by atoms with Gasteiger partial charge in [0.2, 0.25) is 0 Å². The maximum absolute atomic E-state index is 5.97. The SMILES string of the molecule is CCC1CN(C(CN)C2CCOC2)CCS1. The molecule has 2 rings (SSSR count). The van der Waals surface area contributed by atoms with Crippen molar-refractivity contribution in [3.63, 3.8) is 0 Å². The molecule has 0 aromatic carbocycles. The van der Waals surface area contributed by atoms with Gasteiger partial charge in [-0.2, -0.15) is 11.8 Å². The Balaban J connectivity index is 1.91. The third-order valence-corrected chi connectivity index (χ3v) is 5.22. The fourth-order valence-electron chi connectivity index (χ4n) is 2.79. The Morgan fingerprint density at radius 2 is 2.44 bits per heavy atom. The smallest absolute Gasteiger partial charge is 0.0510 e. The van der Waals surface area contributed by atoms with E-state index >= 15 is 0 Å². The Hall–Kier alpha value is 0.230.